The van der Waals surface area contributed by atoms with Gasteiger partial charge in [0.25, 0.3) is 0 Å². The summed E-state index contributed by atoms with van der Waals surface area (Å²) in [7, 11) is -3.75. The lowest BCUT2D eigenvalue weighted by Gasteiger charge is -2.14. The van der Waals surface area contributed by atoms with Gasteiger partial charge < -0.3 is 4.57 Å². The lowest BCUT2D eigenvalue weighted by molar-refractivity contribution is -0.138. The summed E-state index contributed by atoms with van der Waals surface area (Å²) in [6, 6.07) is 3.99. The number of halogens is 3. The summed E-state index contributed by atoms with van der Waals surface area (Å²) in [5.41, 5.74) is 1.49. The van der Waals surface area contributed by atoms with E-state index in [-0.39, 0.29) is 34.3 Å². The van der Waals surface area contributed by atoms with Gasteiger partial charge in [-0.1, -0.05) is 6.92 Å². The van der Waals surface area contributed by atoms with Crippen molar-refractivity contribution in [3.05, 3.63) is 54.1 Å². The third-order valence-electron chi connectivity index (χ3n) is 6.13. The normalized spacial score (nSPS) is 14.5. The minimum Gasteiger partial charge on any atom is -0.346 e. The van der Waals surface area contributed by atoms with Gasteiger partial charge in [-0.3, -0.25) is 4.98 Å². The molecule has 4 heterocycles. The molecule has 35 heavy (non-hydrogen) atoms. The maximum Gasteiger partial charge on any atom is 0.417 e. The molecule has 182 valence electrons. The number of aryl methyl sites for hydroxylation is 1. The maximum atomic E-state index is 13.4. The van der Waals surface area contributed by atoms with Gasteiger partial charge in [0.1, 0.15) is 5.69 Å². The summed E-state index contributed by atoms with van der Waals surface area (Å²) in [6.07, 6.45) is 3.67. The average molecular weight is 502 g/mol. The molecule has 0 amide bonds. The summed E-state index contributed by atoms with van der Waals surface area (Å²) in [5, 5.41) is 0. The molecule has 2 aliphatic heterocycles. The highest BCUT2D eigenvalue weighted by molar-refractivity contribution is 7.91. The maximum absolute atomic E-state index is 13.4. The zero-order valence-corrected chi connectivity index (χ0v) is 19.9. The van der Waals surface area contributed by atoms with Crippen LogP contribution in [0.3, 0.4) is 0 Å². The smallest absolute Gasteiger partial charge is 0.346 e. The van der Waals surface area contributed by atoms with E-state index >= 15 is 0 Å². The van der Waals surface area contributed by atoms with Gasteiger partial charge >= 0.3 is 6.18 Å². The minimum atomic E-state index is -4.53. The van der Waals surface area contributed by atoms with Crippen LogP contribution in [0.4, 0.5) is 13.2 Å². The van der Waals surface area contributed by atoms with Crippen molar-refractivity contribution in [3.8, 4) is 34.2 Å². The Bertz CT molecular complexity index is 1480. The first-order valence-corrected chi connectivity index (χ1v) is 12.9. The minimum absolute atomic E-state index is 0.0609. The lowest BCUT2D eigenvalue weighted by atomic mass is 10.1. The number of aromatic nitrogens is 5. The predicted molar refractivity (Wildman–Crippen MR) is 123 cm³/mol. The van der Waals surface area contributed by atoms with Gasteiger partial charge in [0, 0.05) is 36.9 Å². The summed E-state index contributed by atoms with van der Waals surface area (Å²) in [6.45, 7) is 3.52. The topological polar surface area (TPSA) is 90.6 Å². The SMILES string of the molecule is CCn1cc(C(F)(F)F)cc2nc(-c3ncc(-c4ncc(C5CC5)cn4)cc3S(=O)(=O)CC)cc1-2. The standard InChI is InChI=1S/C24H22F3N5O2S/c1-3-32-13-17(24(25,26)27)8-18-20(32)9-19(31-18)22-21(35(33,34)4-2)7-15(10-28-22)23-29-11-16(12-30-23)14-5-6-14/h7-14H,3-6H2,1-2H3. The molecule has 0 N–H and O–H groups in total. The van der Waals surface area contributed by atoms with Gasteiger partial charge in [0.2, 0.25) is 0 Å². The number of hydrogen-bond acceptors (Lipinski definition) is 6. The molecule has 11 heteroatoms. The van der Waals surface area contributed by atoms with Crippen molar-refractivity contribution in [1.29, 1.82) is 0 Å². The van der Waals surface area contributed by atoms with Crippen LogP contribution in [-0.2, 0) is 22.6 Å². The Balaban J connectivity index is 1.64. The Morgan fingerprint density at radius 3 is 2.31 bits per heavy atom. The predicted octanol–water partition coefficient (Wildman–Crippen LogP) is 5.22. The number of nitrogens with zero attached hydrogens (tertiary/aromatic N) is 5. The highest BCUT2D eigenvalue weighted by Gasteiger charge is 2.33. The molecule has 1 saturated carbocycles. The molecule has 0 saturated heterocycles. The van der Waals surface area contributed by atoms with E-state index in [0.29, 0.717) is 23.0 Å². The molecular weight excluding hydrogens is 479 g/mol. The first-order chi connectivity index (χ1) is 16.6. The van der Waals surface area contributed by atoms with E-state index in [4.69, 9.17) is 0 Å². The largest absolute Gasteiger partial charge is 0.417 e. The van der Waals surface area contributed by atoms with E-state index in [1.54, 1.807) is 25.4 Å². The molecule has 2 aromatic rings. The van der Waals surface area contributed by atoms with E-state index in [1.165, 1.54) is 23.8 Å². The quantitative estimate of drug-likeness (QED) is 0.360. The molecule has 3 aliphatic rings. The first-order valence-electron chi connectivity index (χ1n) is 11.2. The summed E-state index contributed by atoms with van der Waals surface area (Å²) in [4.78, 5) is 17.4. The molecule has 0 unspecified atom stereocenters. The van der Waals surface area contributed by atoms with Crippen molar-refractivity contribution >= 4 is 9.84 Å². The molecule has 5 rings (SSSR count). The average Bonchev–Trinajstić information content (AvgIpc) is 3.60. The van der Waals surface area contributed by atoms with E-state index in [0.717, 1.165) is 30.7 Å². The number of sulfone groups is 1. The lowest BCUT2D eigenvalue weighted by Crippen LogP contribution is -2.10. The Kier molecular flexibility index (Phi) is 5.62. The van der Waals surface area contributed by atoms with Gasteiger partial charge in [0.15, 0.2) is 15.7 Å². The van der Waals surface area contributed by atoms with Crippen LogP contribution in [0.1, 0.15) is 43.7 Å². The second kappa shape index (κ2) is 8.40. The first kappa shape index (κ1) is 23.4. The third kappa shape index (κ3) is 4.40. The molecule has 7 nitrogen and oxygen atoms in total. The van der Waals surface area contributed by atoms with Crippen molar-refractivity contribution in [3.63, 3.8) is 0 Å². The number of alkyl halides is 3. The second-order valence-corrected chi connectivity index (χ2v) is 10.8. The molecular formula is C24H22F3N5O2S. The van der Waals surface area contributed by atoms with Gasteiger partial charge in [-0.05, 0) is 49.4 Å². The fourth-order valence-corrected chi connectivity index (χ4v) is 5.05. The van der Waals surface area contributed by atoms with Crippen molar-refractivity contribution < 1.29 is 21.6 Å². The molecule has 0 aromatic carbocycles. The Morgan fingerprint density at radius 1 is 1.00 bits per heavy atom. The molecule has 0 bridgehead atoms. The number of fused-ring (bicyclic) bond motifs is 1. The van der Waals surface area contributed by atoms with E-state index < -0.39 is 21.6 Å². The summed E-state index contributed by atoms with van der Waals surface area (Å²) < 4.78 is 67.5. The van der Waals surface area contributed by atoms with Gasteiger partial charge in [0.05, 0.1) is 33.3 Å². The highest BCUT2D eigenvalue weighted by Crippen LogP contribution is 2.40. The van der Waals surface area contributed by atoms with Crippen LogP contribution in [-0.4, -0.2) is 38.7 Å². The van der Waals surface area contributed by atoms with Crippen LogP contribution >= 0.6 is 0 Å². The van der Waals surface area contributed by atoms with Crippen LogP contribution in [0, 0.1) is 0 Å². The molecule has 2 aromatic heterocycles. The van der Waals surface area contributed by atoms with E-state index in [2.05, 4.69) is 19.9 Å². The van der Waals surface area contributed by atoms with Crippen LogP contribution in [0.5, 0.6) is 0 Å². The second-order valence-electron chi connectivity index (χ2n) is 8.51. The molecule has 0 spiro atoms. The van der Waals surface area contributed by atoms with Gasteiger partial charge in [-0.2, -0.15) is 13.2 Å². The van der Waals surface area contributed by atoms with Crippen molar-refractivity contribution in [2.45, 2.75) is 50.2 Å². The van der Waals surface area contributed by atoms with Crippen LogP contribution in [0.2, 0.25) is 0 Å². The fraction of sp³-hybridized carbons (Fsp3) is 0.333. The van der Waals surface area contributed by atoms with Crippen molar-refractivity contribution in [2.75, 3.05) is 5.75 Å². The zero-order valence-electron chi connectivity index (χ0n) is 19.0. The van der Waals surface area contributed by atoms with Crippen molar-refractivity contribution in [2.24, 2.45) is 0 Å². The summed E-state index contributed by atoms with van der Waals surface area (Å²) >= 11 is 0. The van der Waals surface area contributed by atoms with E-state index in [1.807, 2.05) is 0 Å². The van der Waals surface area contributed by atoms with Crippen molar-refractivity contribution in [1.82, 2.24) is 24.5 Å². The monoisotopic (exact) mass is 501 g/mol. The van der Waals surface area contributed by atoms with Crippen LogP contribution in [0.25, 0.3) is 34.2 Å². The Hall–Kier alpha value is -3.34. The Labute approximate surface area is 200 Å². The fourth-order valence-electron chi connectivity index (χ4n) is 3.99. The number of rotatable bonds is 6. The molecule has 0 radical (unpaired) electrons. The third-order valence-corrected chi connectivity index (χ3v) is 7.87. The molecule has 1 aliphatic carbocycles. The van der Waals surface area contributed by atoms with E-state index in [9.17, 15) is 21.6 Å². The summed E-state index contributed by atoms with van der Waals surface area (Å²) in [5.74, 6) is 0.655. The highest BCUT2D eigenvalue weighted by atomic mass is 32.2. The number of pyridine rings is 2. The zero-order chi connectivity index (χ0) is 25.0. The Morgan fingerprint density at radius 2 is 1.71 bits per heavy atom. The molecule has 0 atom stereocenters. The van der Waals surface area contributed by atoms with Gasteiger partial charge in [-0.25, -0.2) is 23.4 Å². The number of hydrogen-bond donors (Lipinski definition) is 0. The van der Waals surface area contributed by atoms with Gasteiger partial charge in [-0.15, -0.1) is 0 Å². The molecule has 1 fully saturated rings. The van der Waals surface area contributed by atoms with Crippen LogP contribution in [0.15, 0.2) is 47.9 Å². The van der Waals surface area contributed by atoms with Crippen LogP contribution < -0.4 is 0 Å².